The van der Waals surface area contributed by atoms with Crippen molar-refractivity contribution in [3.05, 3.63) is 42.1 Å². The van der Waals surface area contributed by atoms with Crippen molar-refractivity contribution >= 4 is 16.9 Å². The number of pyridine rings is 1. The minimum absolute atomic E-state index is 0.272. The Morgan fingerprint density at radius 3 is 2.72 bits per heavy atom. The highest BCUT2D eigenvalue weighted by Gasteiger charge is 2.27. The molecule has 1 aromatic heterocycles. The molecule has 1 aromatic carbocycles. The molecule has 1 atom stereocenters. The summed E-state index contributed by atoms with van der Waals surface area (Å²) in [6.45, 7) is 7.31. The van der Waals surface area contributed by atoms with E-state index < -0.39 is 5.54 Å². The van der Waals surface area contributed by atoms with Crippen LogP contribution in [0.1, 0.15) is 39.2 Å². The van der Waals surface area contributed by atoms with E-state index in [9.17, 15) is 4.79 Å². The van der Waals surface area contributed by atoms with E-state index >= 15 is 0 Å². The fourth-order valence-corrected chi connectivity index (χ4v) is 2.69. The van der Waals surface area contributed by atoms with Crippen molar-refractivity contribution in [2.24, 2.45) is 0 Å². The van der Waals surface area contributed by atoms with Crippen LogP contribution in [0, 0.1) is 0 Å². The van der Waals surface area contributed by atoms with Crippen molar-refractivity contribution in [3.63, 3.8) is 0 Å². The maximum absolute atomic E-state index is 11.6. The van der Waals surface area contributed by atoms with Crippen molar-refractivity contribution < 1.29 is 14.3 Å². The number of hydrogen-bond acceptors (Lipinski definition) is 5. The molecule has 0 aliphatic carbocycles. The van der Waals surface area contributed by atoms with E-state index in [0.29, 0.717) is 12.6 Å². The third kappa shape index (κ3) is 5.51. The number of ether oxygens (including phenoxy) is 2. The lowest BCUT2D eigenvalue weighted by atomic mass is 10.0. The summed E-state index contributed by atoms with van der Waals surface area (Å²) in [6, 6.07) is 9.92. The quantitative estimate of drug-likeness (QED) is 0.861. The van der Waals surface area contributed by atoms with E-state index in [1.165, 1.54) is 20.0 Å². The highest BCUT2D eigenvalue weighted by atomic mass is 16.5. The normalized spacial score (nSPS) is 17.0. The van der Waals surface area contributed by atoms with Gasteiger partial charge in [-0.3, -0.25) is 15.1 Å². The number of rotatable bonds is 4. The predicted molar refractivity (Wildman–Crippen MR) is 99.3 cm³/mol. The second-order valence-electron chi connectivity index (χ2n) is 6.78. The Labute approximate surface area is 149 Å². The summed E-state index contributed by atoms with van der Waals surface area (Å²) in [5, 5.41) is 4.31. The van der Waals surface area contributed by atoms with Crippen molar-refractivity contribution in [2.45, 2.75) is 51.8 Å². The molecule has 0 radical (unpaired) electrons. The van der Waals surface area contributed by atoms with Crippen LogP contribution in [0.25, 0.3) is 10.9 Å². The van der Waals surface area contributed by atoms with E-state index in [4.69, 9.17) is 9.47 Å². The SMILES string of the molecule is CC1CCCO1.COC(=O)C(C)(C)NCc1ccnc2ccccc12. The number of benzene rings is 1. The summed E-state index contributed by atoms with van der Waals surface area (Å²) in [6.07, 6.45) is 4.86. The molecule has 25 heavy (non-hydrogen) atoms. The molecule has 1 fully saturated rings. The first-order valence-electron chi connectivity index (χ1n) is 8.71. The van der Waals surface area contributed by atoms with Crippen LogP contribution >= 0.6 is 0 Å². The van der Waals surface area contributed by atoms with Gasteiger partial charge >= 0.3 is 5.97 Å². The first-order valence-corrected chi connectivity index (χ1v) is 8.71. The summed E-state index contributed by atoms with van der Waals surface area (Å²) >= 11 is 0. The molecule has 1 unspecified atom stereocenters. The molecule has 0 amide bonds. The Morgan fingerprint density at radius 1 is 1.36 bits per heavy atom. The molecule has 1 N–H and O–H groups in total. The summed E-state index contributed by atoms with van der Waals surface area (Å²) < 4.78 is 9.93. The molecule has 1 aliphatic rings. The Bertz CT molecular complexity index is 689. The fourth-order valence-electron chi connectivity index (χ4n) is 2.69. The zero-order valence-corrected chi connectivity index (χ0v) is 15.5. The third-order valence-corrected chi connectivity index (χ3v) is 4.31. The number of methoxy groups -OCH3 is 1. The number of aromatic nitrogens is 1. The largest absolute Gasteiger partial charge is 0.468 e. The number of para-hydroxylation sites is 1. The minimum Gasteiger partial charge on any atom is -0.468 e. The lowest BCUT2D eigenvalue weighted by molar-refractivity contribution is -0.147. The van der Waals surface area contributed by atoms with E-state index in [1.54, 1.807) is 6.20 Å². The molecule has 3 rings (SSSR count). The standard InChI is InChI=1S/C15H18N2O2.C5H10O/c1-15(2,14(18)19-3)17-10-11-8-9-16-13-7-5-4-6-12(11)13;1-5-3-2-4-6-5/h4-9,17H,10H2,1-3H3;5H,2-4H2,1H3. The van der Waals surface area contributed by atoms with E-state index in [2.05, 4.69) is 17.2 Å². The summed E-state index contributed by atoms with van der Waals surface area (Å²) in [4.78, 5) is 15.9. The van der Waals surface area contributed by atoms with Gasteiger partial charge in [-0.05, 0) is 51.3 Å². The Hall–Kier alpha value is -1.98. The summed E-state index contributed by atoms with van der Waals surface area (Å²) in [5.41, 5.74) is 1.36. The number of esters is 1. The highest BCUT2D eigenvalue weighted by Crippen LogP contribution is 2.17. The van der Waals surface area contributed by atoms with Gasteiger partial charge in [-0.15, -0.1) is 0 Å². The van der Waals surface area contributed by atoms with Crippen LogP contribution in [0.15, 0.2) is 36.5 Å². The van der Waals surface area contributed by atoms with Crippen molar-refractivity contribution in [3.8, 4) is 0 Å². The highest BCUT2D eigenvalue weighted by molar-refractivity contribution is 5.82. The van der Waals surface area contributed by atoms with Crippen LogP contribution < -0.4 is 5.32 Å². The molecular weight excluding hydrogens is 316 g/mol. The van der Waals surface area contributed by atoms with Gasteiger partial charge < -0.3 is 9.47 Å². The lowest BCUT2D eigenvalue weighted by Gasteiger charge is -2.23. The average molecular weight is 344 g/mol. The third-order valence-electron chi connectivity index (χ3n) is 4.31. The van der Waals surface area contributed by atoms with E-state index in [-0.39, 0.29) is 5.97 Å². The fraction of sp³-hybridized carbons (Fsp3) is 0.500. The van der Waals surface area contributed by atoms with Gasteiger partial charge in [0.15, 0.2) is 0 Å². The zero-order valence-electron chi connectivity index (χ0n) is 15.5. The molecule has 2 aromatic rings. The van der Waals surface area contributed by atoms with Crippen LogP contribution in [0.2, 0.25) is 0 Å². The van der Waals surface area contributed by atoms with Gasteiger partial charge in [0.05, 0.1) is 18.7 Å². The Morgan fingerprint density at radius 2 is 2.12 bits per heavy atom. The predicted octanol–water partition coefficient (Wildman–Crippen LogP) is 3.46. The Kier molecular flexibility index (Phi) is 6.91. The van der Waals surface area contributed by atoms with Gasteiger partial charge in [-0.1, -0.05) is 18.2 Å². The second kappa shape index (κ2) is 8.92. The summed E-state index contributed by atoms with van der Waals surface area (Å²) in [7, 11) is 1.40. The number of nitrogens with zero attached hydrogens (tertiary/aromatic N) is 1. The molecule has 1 saturated heterocycles. The van der Waals surface area contributed by atoms with Crippen LogP contribution in [0.3, 0.4) is 0 Å². The van der Waals surface area contributed by atoms with Gasteiger partial charge in [0, 0.05) is 24.7 Å². The maximum atomic E-state index is 11.6. The molecule has 0 saturated carbocycles. The first-order chi connectivity index (χ1) is 11.9. The molecule has 0 bridgehead atoms. The molecule has 5 nitrogen and oxygen atoms in total. The summed E-state index contributed by atoms with van der Waals surface area (Å²) in [5.74, 6) is -0.272. The van der Waals surface area contributed by atoms with Crippen LogP contribution in [0.4, 0.5) is 0 Å². The molecule has 1 aliphatic heterocycles. The van der Waals surface area contributed by atoms with Crippen molar-refractivity contribution in [1.29, 1.82) is 0 Å². The molecule has 2 heterocycles. The van der Waals surface area contributed by atoms with Crippen LogP contribution in [0.5, 0.6) is 0 Å². The topological polar surface area (TPSA) is 60.5 Å². The van der Waals surface area contributed by atoms with Gasteiger partial charge in [0.2, 0.25) is 0 Å². The molecule has 136 valence electrons. The van der Waals surface area contributed by atoms with Gasteiger partial charge in [0.1, 0.15) is 5.54 Å². The number of fused-ring (bicyclic) bond motifs is 1. The molecular formula is C20H28N2O3. The van der Waals surface area contributed by atoms with Gasteiger partial charge in [0.25, 0.3) is 0 Å². The van der Waals surface area contributed by atoms with Crippen LogP contribution in [-0.4, -0.2) is 36.3 Å². The number of carbonyl (C=O) groups is 1. The number of carbonyl (C=O) groups excluding carboxylic acids is 1. The van der Waals surface area contributed by atoms with Gasteiger partial charge in [-0.25, -0.2) is 0 Å². The minimum atomic E-state index is -0.709. The first kappa shape index (κ1) is 19.3. The van der Waals surface area contributed by atoms with Crippen LogP contribution in [-0.2, 0) is 20.8 Å². The smallest absolute Gasteiger partial charge is 0.325 e. The number of hydrogen-bond donors (Lipinski definition) is 1. The van der Waals surface area contributed by atoms with E-state index in [0.717, 1.165) is 23.1 Å². The zero-order chi connectivity index (χ0) is 18.3. The second-order valence-corrected chi connectivity index (χ2v) is 6.78. The molecule has 5 heteroatoms. The van der Waals surface area contributed by atoms with Crippen molar-refractivity contribution in [2.75, 3.05) is 13.7 Å². The van der Waals surface area contributed by atoms with Gasteiger partial charge in [-0.2, -0.15) is 0 Å². The monoisotopic (exact) mass is 344 g/mol. The number of nitrogens with one attached hydrogen (secondary N) is 1. The lowest BCUT2D eigenvalue weighted by Crippen LogP contribution is -2.46. The average Bonchev–Trinajstić information content (AvgIpc) is 3.10. The Balaban J connectivity index is 0.000000316. The van der Waals surface area contributed by atoms with E-state index in [1.807, 2.05) is 44.2 Å². The molecule has 0 spiro atoms. The maximum Gasteiger partial charge on any atom is 0.325 e. The van der Waals surface area contributed by atoms with Crippen molar-refractivity contribution in [1.82, 2.24) is 10.3 Å².